The lowest BCUT2D eigenvalue weighted by atomic mass is 9.97. The van der Waals surface area contributed by atoms with Crippen molar-refractivity contribution in [1.82, 2.24) is 15.4 Å². The first-order chi connectivity index (χ1) is 14.5. The third kappa shape index (κ3) is 4.24. The zero-order valence-corrected chi connectivity index (χ0v) is 17.3. The average molecular weight is 405 g/mol. The molecule has 2 atom stereocenters. The number of hydroxylamine groups is 2. The number of hydrogen-bond acceptors (Lipinski definition) is 3. The second kappa shape index (κ2) is 8.71. The molecule has 1 aromatic heterocycles. The third-order valence-corrected chi connectivity index (χ3v) is 5.42. The van der Waals surface area contributed by atoms with Crippen molar-refractivity contribution in [2.24, 2.45) is 5.92 Å². The number of fused-ring (bicyclic) bond motifs is 1. The number of rotatable bonds is 7. The summed E-state index contributed by atoms with van der Waals surface area (Å²) in [5, 5.41) is 5.30. The minimum atomic E-state index is -0.657. The van der Waals surface area contributed by atoms with E-state index in [4.69, 9.17) is 4.84 Å². The van der Waals surface area contributed by atoms with Crippen molar-refractivity contribution in [3.05, 3.63) is 71.9 Å². The average Bonchev–Trinajstić information content (AvgIpc) is 3.15. The molecule has 156 valence electrons. The number of amides is 2. The lowest BCUT2D eigenvalue weighted by molar-refractivity contribution is -0.216. The molecule has 0 radical (unpaired) electrons. The van der Waals surface area contributed by atoms with Gasteiger partial charge in [-0.2, -0.15) is 0 Å². The largest absolute Gasteiger partial charge is 0.361 e. The predicted molar refractivity (Wildman–Crippen MR) is 115 cm³/mol. The first-order valence-electron chi connectivity index (χ1n) is 10.4. The number of H-pyrrole nitrogens is 1. The van der Waals surface area contributed by atoms with Gasteiger partial charge in [-0.1, -0.05) is 62.4 Å². The van der Waals surface area contributed by atoms with Gasteiger partial charge in [-0.15, -0.1) is 0 Å². The molecule has 1 aliphatic rings. The fraction of sp³-hybridized carbons (Fsp3) is 0.333. The number of hydrogen-bond donors (Lipinski definition) is 2. The van der Waals surface area contributed by atoms with Crippen molar-refractivity contribution in [2.75, 3.05) is 0 Å². The Balaban J connectivity index is 1.55. The van der Waals surface area contributed by atoms with Crippen LogP contribution < -0.4 is 5.32 Å². The smallest absolute Gasteiger partial charge is 0.269 e. The molecule has 2 heterocycles. The first kappa shape index (κ1) is 20.2. The summed E-state index contributed by atoms with van der Waals surface area (Å²) in [5.41, 5.74) is 2.96. The van der Waals surface area contributed by atoms with E-state index in [0.29, 0.717) is 12.8 Å². The zero-order valence-electron chi connectivity index (χ0n) is 17.3. The Bertz CT molecular complexity index is 1030. The molecule has 0 aliphatic carbocycles. The van der Waals surface area contributed by atoms with Crippen LogP contribution in [0.25, 0.3) is 10.9 Å². The molecule has 0 spiro atoms. The Kier molecular flexibility index (Phi) is 5.86. The van der Waals surface area contributed by atoms with Crippen molar-refractivity contribution in [1.29, 1.82) is 0 Å². The number of para-hydroxylation sites is 1. The van der Waals surface area contributed by atoms with Gasteiger partial charge in [-0.3, -0.25) is 14.4 Å². The second-order valence-corrected chi connectivity index (χ2v) is 8.19. The third-order valence-electron chi connectivity index (χ3n) is 5.42. The maximum atomic E-state index is 13.3. The molecule has 2 N–H and O–H groups in total. The van der Waals surface area contributed by atoms with E-state index in [-0.39, 0.29) is 24.3 Å². The second-order valence-electron chi connectivity index (χ2n) is 8.19. The summed E-state index contributed by atoms with van der Waals surface area (Å²) in [4.78, 5) is 35.4. The number of aromatic amines is 1. The van der Waals surface area contributed by atoms with E-state index in [0.717, 1.165) is 22.0 Å². The van der Waals surface area contributed by atoms with Crippen LogP contribution in [0, 0.1) is 5.92 Å². The van der Waals surface area contributed by atoms with Crippen LogP contribution in [0.2, 0.25) is 0 Å². The van der Waals surface area contributed by atoms with Gasteiger partial charge in [0.05, 0.1) is 0 Å². The number of carbonyl (C=O) groups excluding carboxylic acids is 2. The van der Waals surface area contributed by atoms with E-state index >= 15 is 0 Å². The highest BCUT2D eigenvalue weighted by atomic mass is 16.7. The molecule has 3 aromatic rings. The maximum absolute atomic E-state index is 13.3. The van der Waals surface area contributed by atoms with E-state index in [2.05, 4.69) is 10.3 Å². The SMILES string of the molecule is CC(C)C[C@H]1C(=O)N[C@@H](Cc2c[nH]c3ccccc23)C(=O)N1OCc1ccccc1. The molecular formula is C24H27N3O3. The number of aromatic nitrogens is 1. The van der Waals surface area contributed by atoms with Gasteiger partial charge in [-0.25, -0.2) is 5.06 Å². The Morgan fingerprint density at radius 1 is 1.03 bits per heavy atom. The van der Waals surface area contributed by atoms with Crippen LogP contribution in [-0.4, -0.2) is 33.9 Å². The lowest BCUT2D eigenvalue weighted by Crippen LogP contribution is -2.63. The van der Waals surface area contributed by atoms with Gasteiger partial charge in [-0.05, 0) is 29.5 Å². The summed E-state index contributed by atoms with van der Waals surface area (Å²) in [6.45, 7) is 4.31. The predicted octanol–water partition coefficient (Wildman–Crippen LogP) is 3.58. The number of nitrogens with one attached hydrogen (secondary N) is 2. The molecule has 0 unspecified atom stereocenters. The molecule has 30 heavy (non-hydrogen) atoms. The molecule has 2 amide bonds. The van der Waals surface area contributed by atoms with Crippen molar-refractivity contribution < 1.29 is 14.4 Å². The highest BCUT2D eigenvalue weighted by molar-refractivity contribution is 5.97. The molecule has 0 bridgehead atoms. The number of carbonyl (C=O) groups is 2. The molecule has 1 saturated heterocycles. The Labute approximate surface area is 176 Å². The molecule has 6 nitrogen and oxygen atoms in total. The Hall–Kier alpha value is -3.12. The molecule has 6 heteroatoms. The van der Waals surface area contributed by atoms with Crippen LogP contribution in [0.1, 0.15) is 31.4 Å². The quantitative estimate of drug-likeness (QED) is 0.631. The summed E-state index contributed by atoms with van der Waals surface area (Å²) >= 11 is 0. The van der Waals surface area contributed by atoms with E-state index in [9.17, 15) is 9.59 Å². The normalized spacial score (nSPS) is 19.5. The van der Waals surface area contributed by atoms with Gasteiger partial charge in [0.25, 0.3) is 5.91 Å². The van der Waals surface area contributed by atoms with Crippen LogP contribution in [0.15, 0.2) is 60.8 Å². The first-order valence-corrected chi connectivity index (χ1v) is 10.4. The monoisotopic (exact) mass is 405 g/mol. The fourth-order valence-electron chi connectivity index (χ4n) is 3.92. The molecule has 1 aliphatic heterocycles. The zero-order chi connectivity index (χ0) is 21.1. The van der Waals surface area contributed by atoms with Crippen molar-refractivity contribution in [3.8, 4) is 0 Å². The summed E-state index contributed by atoms with van der Waals surface area (Å²) in [5.74, 6) is -0.121. The molecule has 4 rings (SSSR count). The molecular weight excluding hydrogens is 378 g/mol. The summed E-state index contributed by atoms with van der Waals surface area (Å²) in [6, 6.07) is 16.3. The summed E-state index contributed by atoms with van der Waals surface area (Å²) in [6.07, 6.45) is 2.86. The van der Waals surface area contributed by atoms with Gasteiger partial charge in [0, 0.05) is 23.5 Å². The van der Waals surface area contributed by atoms with Crippen LogP contribution >= 0.6 is 0 Å². The van der Waals surface area contributed by atoms with E-state index in [1.54, 1.807) is 0 Å². The van der Waals surface area contributed by atoms with Gasteiger partial charge in [0.2, 0.25) is 5.91 Å². The highest BCUT2D eigenvalue weighted by Crippen LogP contribution is 2.24. The summed E-state index contributed by atoms with van der Waals surface area (Å²) < 4.78 is 0. The Morgan fingerprint density at radius 2 is 1.77 bits per heavy atom. The maximum Gasteiger partial charge on any atom is 0.269 e. The van der Waals surface area contributed by atoms with Crippen LogP contribution in [-0.2, 0) is 27.5 Å². The number of nitrogens with zero attached hydrogens (tertiary/aromatic N) is 1. The fourth-order valence-corrected chi connectivity index (χ4v) is 3.92. The van der Waals surface area contributed by atoms with E-state index in [1.807, 2.05) is 74.6 Å². The molecule has 2 aromatic carbocycles. The van der Waals surface area contributed by atoms with Crippen molar-refractivity contribution in [2.45, 2.75) is 45.4 Å². The van der Waals surface area contributed by atoms with Gasteiger partial charge in [0.15, 0.2) is 0 Å². The van der Waals surface area contributed by atoms with Gasteiger partial charge >= 0.3 is 0 Å². The number of benzene rings is 2. The van der Waals surface area contributed by atoms with E-state index in [1.165, 1.54) is 5.06 Å². The van der Waals surface area contributed by atoms with Crippen molar-refractivity contribution >= 4 is 22.7 Å². The van der Waals surface area contributed by atoms with Gasteiger partial charge in [0.1, 0.15) is 18.7 Å². The standard InChI is InChI=1S/C24H27N3O3/c1-16(2)12-22-23(28)26-21(13-18-14-25-20-11-7-6-10-19(18)20)24(29)27(22)30-15-17-8-4-3-5-9-17/h3-11,14,16,21-22,25H,12-13,15H2,1-2H3,(H,26,28)/t21-,22-/m0/s1. The van der Waals surface area contributed by atoms with Crippen LogP contribution in [0.3, 0.4) is 0 Å². The molecule has 1 fully saturated rings. The van der Waals surface area contributed by atoms with Gasteiger partial charge < -0.3 is 10.3 Å². The van der Waals surface area contributed by atoms with Crippen molar-refractivity contribution in [3.63, 3.8) is 0 Å². The van der Waals surface area contributed by atoms with E-state index < -0.39 is 12.1 Å². The Morgan fingerprint density at radius 3 is 2.53 bits per heavy atom. The minimum absolute atomic E-state index is 0.166. The molecule has 0 saturated carbocycles. The lowest BCUT2D eigenvalue weighted by Gasteiger charge is -2.38. The highest BCUT2D eigenvalue weighted by Gasteiger charge is 2.42. The van der Waals surface area contributed by atoms with Crippen LogP contribution in [0.4, 0.5) is 0 Å². The van der Waals surface area contributed by atoms with Crippen LogP contribution in [0.5, 0.6) is 0 Å². The minimum Gasteiger partial charge on any atom is -0.361 e. The topological polar surface area (TPSA) is 74.4 Å². The summed E-state index contributed by atoms with van der Waals surface area (Å²) in [7, 11) is 0. The number of piperazine rings is 1.